The number of hydrogen-bond donors (Lipinski definition) is 1. The number of aryl methyl sites for hydroxylation is 2. The van der Waals surface area contributed by atoms with Crippen LogP contribution in [0, 0.1) is 13.8 Å². The van der Waals surface area contributed by atoms with E-state index in [2.05, 4.69) is 4.98 Å². The van der Waals surface area contributed by atoms with E-state index in [1.807, 2.05) is 6.92 Å². The van der Waals surface area contributed by atoms with Gasteiger partial charge in [-0.1, -0.05) is 0 Å². The monoisotopic (exact) mass is 224 g/mol. The molecule has 15 heavy (non-hydrogen) atoms. The smallest absolute Gasteiger partial charge is 0.342 e. The molecular formula is C9H8N2O3S. The molecule has 0 radical (unpaired) electrons. The Morgan fingerprint density at radius 3 is 2.80 bits per heavy atom. The van der Waals surface area contributed by atoms with Gasteiger partial charge in [-0.15, -0.1) is 11.3 Å². The number of carboxylic acids is 1. The molecule has 0 bridgehead atoms. The van der Waals surface area contributed by atoms with Crippen LogP contribution in [0.3, 0.4) is 0 Å². The third-order valence-corrected chi connectivity index (χ3v) is 3.32. The number of fused-ring (bicyclic) bond motifs is 1. The van der Waals surface area contributed by atoms with E-state index in [1.54, 1.807) is 6.92 Å². The Morgan fingerprint density at radius 1 is 1.53 bits per heavy atom. The molecule has 0 aliphatic rings. The van der Waals surface area contributed by atoms with Crippen LogP contribution in [0.4, 0.5) is 0 Å². The largest absolute Gasteiger partial charge is 0.477 e. The standard InChI is InChI=1S/C9H8N2O3S/c1-4-5(2)15-9-10-3-6(8(13)14)7(12)11(4)9/h3H,1-2H3,(H,13,14). The number of carboxylic acid groups (broad SMARTS) is 1. The van der Waals surface area contributed by atoms with Crippen LogP contribution in [0.5, 0.6) is 0 Å². The van der Waals surface area contributed by atoms with Gasteiger partial charge in [-0.25, -0.2) is 9.78 Å². The summed E-state index contributed by atoms with van der Waals surface area (Å²) >= 11 is 1.37. The van der Waals surface area contributed by atoms with Crippen LogP contribution in [-0.4, -0.2) is 20.5 Å². The van der Waals surface area contributed by atoms with Crippen LogP contribution in [-0.2, 0) is 0 Å². The Hall–Kier alpha value is -1.69. The average Bonchev–Trinajstić information content (AvgIpc) is 2.43. The number of hydrogen-bond acceptors (Lipinski definition) is 4. The van der Waals surface area contributed by atoms with E-state index in [1.165, 1.54) is 15.7 Å². The lowest BCUT2D eigenvalue weighted by Gasteiger charge is -1.97. The van der Waals surface area contributed by atoms with E-state index in [-0.39, 0.29) is 5.56 Å². The second kappa shape index (κ2) is 3.16. The first-order valence-corrected chi connectivity index (χ1v) is 5.05. The number of aromatic nitrogens is 2. The molecule has 2 heterocycles. The summed E-state index contributed by atoms with van der Waals surface area (Å²) in [6, 6.07) is 0. The molecule has 0 aliphatic heterocycles. The third kappa shape index (κ3) is 1.33. The van der Waals surface area contributed by atoms with Crippen LogP contribution in [0.1, 0.15) is 20.9 Å². The summed E-state index contributed by atoms with van der Waals surface area (Å²) in [6.45, 7) is 3.64. The maximum atomic E-state index is 11.8. The lowest BCUT2D eigenvalue weighted by Crippen LogP contribution is -2.22. The Labute approximate surface area is 88.6 Å². The fraction of sp³-hybridized carbons (Fsp3) is 0.222. The molecular weight excluding hydrogens is 216 g/mol. The van der Waals surface area contributed by atoms with Crippen LogP contribution >= 0.6 is 11.3 Å². The summed E-state index contributed by atoms with van der Waals surface area (Å²) in [6.07, 6.45) is 1.11. The van der Waals surface area contributed by atoms with Crippen molar-refractivity contribution in [3.05, 3.63) is 32.7 Å². The SMILES string of the molecule is Cc1sc2ncc(C(=O)O)c(=O)n2c1C. The van der Waals surface area contributed by atoms with Gasteiger partial charge in [0.2, 0.25) is 0 Å². The van der Waals surface area contributed by atoms with Gasteiger partial charge >= 0.3 is 5.97 Å². The van der Waals surface area contributed by atoms with Crippen molar-refractivity contribution in [3.63, 3.8) is 0 Å². The minimum Gasteiger partial charge on any atom is -0.477 e. The molecule has 2 aromatic heterocycles. The molecule has 2 rings (SSSR count). The maximum absolute atomic E-state index is 11.8. The maximum Gasteiger partial charge on any atom is 0.342 e. The molecule has 5 nitrogen and oxygen atoms in total. The van der Waals surface area contributed by atoms with Gasteiger partial charge in [0.1, 0.15) is 5.56 Å². The van der Waals surface area contributed by atoms with Crippen molar-refractivity contribution in [2.45, 2.75) is 13.8 Å². The molecule has 0 atom stereocenters. The molecule has 1 N–H and O–H groups in total. The van der Waals surface area contributed by atoms with Crippen LogP contribution in [0.2, 0.25) is 0 Å². The zero-order valence-electron chi connectivity index (χ0n) is 8.14. The first-order valence-electron chi connectivity index (χ1n) is 4.23. The van der Waals surface area contributed by atoms with Gasteiger partial charge in [-0.3, -0.25) is 9.20 Å². The van der Waals surface area contributed by atoms with E-state index in [4.69, 9.17) is 5.11 Å². The van der Waals surface area contributed by atoms with Crippen molar-refractivity contribution < 1.29 is 9.90 Å². The molecule has 0 saturated carbocycles. The highest BCUT2D eigenvalue weighted by atomic mass is 32.1. The van der Waals surface area contributed by atoms with Crippen molar-refractivity contribution in [1.29, 1.82) is 0 Å². The average molecular weight is 224 g/mol. The van der Waals surface area contributed by atoms with Crippen LogP contribution in [0.25, 0.3) is 4.96 Å². The molecule has 0 aromatic carbocycles. The van der Waals surface area contributed by atoms with Gasteiger partial charge in [-0.2, -0.15) is 0 Å². The highest BCUT2D eigenvalue weighted by molar-refractivity contribution is 7.17. The third-order valence-electron chi connectivity index (χ3n) is 2.25. The van der Waals surface area contributed by atoms with Crippen LogP contribution in [0.15, 0.2) is 11.0 Å². The summed E-state index contributed by atoms with van der Waals surface area (Å²) in [7, 11) is 0. The molecule has 0 aliphatic carbocycles. The lowest BCUT2D eigenvalue weighted by molar-refractivity contribution is 0.0694. The molecule has 2 aromatic rings. The van der Waals surface area contributed by atoms with Gasteiger partial charge in [0.15, 0.2) is 4.96 Å². The molecule has 0 unspecified atom stereocenters. The zero-order chi connectivity index (χ0) is 11.2. The summed E-state index contributed by atoms with van der Waals surface area (Å²) < 4.78 is 1.34. The van der Waals surface area contributed by atoms with Gasteiger partial charge < -0.3 is 5.11 Å². The first-order chi connectivity index (χ1) is 7.02. The second-order valence-corrected chi connectivity index (χ2v) is 4.33. The van der Waals surface area contributed by atoms with Gasteiger partial charge in [0.25, 0.3) is 5.56 Å². The van der Waals surface area contributed by atoms with E-state index in [0.29, 0.717) is 4.96 Å². The first kappa shape index (κ1) is 9.85. The number of thiazole rings is 1. The molecule has 78 valence electrons. The van der Waals surface area contributed by atoms with Crippen molar-refractivity contribution in [2.24, 2.45) is 0 Å². The van der Waals surface area contributed by atoms with Gasteiger partial charge in [0, 0.05) is 10.6 Å². The Kier molecular flexibility index (Phi) is 2.08. The van der Waals surface area contributed by atoms with E-state index in [0.717, 1.165) is 16.8 Å². The molecule has 6 heteroatoms. The highest BCUT2D eigenvalue weighted by Gasteiger charge is 2.15. The van der Waals surface area contributed by atoms with E-state index >= 15 is 0 Å². The highest BCUT2D eigenvalue weighted by Crippen LogP contribution is 2.18. The number of nitrogens with zero attached hydrogens (tertiary/aromatic N) is 2. The fourth-order valence-electron chi connectivity index (χ4n) is 1.32. The topological polar surface area (TPSA) is 71.7 Å². The number of carbonyl (C=O) groups is 1. The van der Waals surface area contributed by atoms with E-state index in [9.17, 15) is 9.59 Å². The second-order valence-electron chi connectivity index (χ2n) is 3.14. The quantitative estimate of drug-likeness (QED) is 0.786. The van der Waals surface area contributed by atoms with Gasteiger partial charge in [0.05, 0.1) is 6.20 Å². The molecule has 0 spiro atoms. The van der Waals surface area contributed by atoms with Crippen molar-refractivity contribution in [1.82, 2.24) is 9.38 Å². The number of aromatic carboxylic acids is 1. The minimum absolute atomic E-state index is 0.298. The zero-order valence-corrected chi connectivity index (χ0v) is 8.96. The molecule has 0 fully saturated rings. The van der Waals surface area contributed by atoms with Crippen LogP contribution < -0.4 is 5.56 Å². The summed E-state index contributed by atoms with van der Waals surface area (Å²) in [5.74, 6) is -1.25. The normalized spacial score (nSPS) is 10.8. The predicted octanol–water partition coefficient (Wildman–Crippen LogP) is 1.07. The van der Waals surface area contributed by atoms with Gasteiger partial charge in [-0.05, 0) is 13.8 Å². The van der Waals surface area contributed by atoms with Crippen molar-refractivity contribution in [3.8, 4) is 0 Å². The fourth-order valence-corrected chi connectivity index (χ4v) is 2.25. The Balaban J connectivity index is 2.95. The minimum atomic E-state index is -1.25. The van der Waals surface area contributed by atoms with Crippen molar-refractivity contribution >= 4 is 22.3 Å². The summed E-state index contributed by atoms with van der Waals surface area (Å²) in [4.78, 5) is 27.9. The molecule has 0 amide bonds. The molecule has 0 saturated heterocycles. The summed E-state index contributed by atoms with van der Waals surface area (Å²) in [5, 5.41) is 8.77. The Morgan fingerprint density at radius 2 is 2.20 bits per heavy atom. The Bertz CT molecular complexity index is 612. The predicted molar refractivity (Wildman–Crippen MR) is 55.8 cm³/mol. The van der Waals surface area contributed by atoms with E-state index < -0.39 is 11.5 Å². The van der Waals surface area contributed by atoms with Crippen molar-refractivity contribution in [2.75, 3.05) is 0 Å². The lowest BCUT2D eigenvalue weighted by atomic mass is 10.3. The number of rotatable bonds is 1. The summed E-state index contributed by atoms with van der Waals surface area (Å²) in [5.41, 5.74) is -0.0710.